The van der Waals surface area contributed by atoms with Crippen LogP contribution in [0.5, 0.6) is 5.75 Å². The molecule has 1 unspecified atom stereocenters. The van der Waals surface area contributed by atoms with Gasteiger partial charge < -0.3 is 20.3 Å². The fourth-order valence-electron chi connectivity index (χ4n) is 1.24. The monoisotopic (exact) mass is 225 g/mol. The third-order valence-electron chi connectivity index (χ3n) is 2.10. The van der Waals surface area contributed by atoms with Crippen LogP contribution in [0.25, 0.3) is 0 Å². The van der Waals surface area contributed by atoms with Crippen molar-refractivity contribution in [2.24, 2.45) is 0 Å². The zero-order valence-electron chi connectivity index (χ0n) is 9.30. The summed E-state index contributed by atoms with van der Waals surface area (Å²) in [6, 6.07) is 9.66. The van der Waals surface area contributed by atoms with Gasteiger partial charge in [-0.05, 0) is 25.1 Å². The van der Waals surface area contributed by atoms with E-state index >= 15 is 0 Å². The van der Waals surface area contributed by atoms with Crippen molar-refractivity contribution < 1.29 is 14.9 Å². The molecule has 90 valence electrons. The number of rotatable bonds is 8. The molecule has 0 bridgehead atoms. The zero-order valence-corrected chi connectivity index (χ0v) is 9.30. The molecule has 0 aliphatic rings. The van der Waals surface area contributed by atoms with Crippen LogP contribution in [0, 0.1) is 0 Å². The summed E-state index contributed by atoms with van der Waals surface area (Å²) >= 11 is 0. The van der Waals surface area contributed by atoms with Gasteiger partial charge >= 0.3 is 0 Å². The number of benzene rings is 1. The van der Waals surface area contributed by atoms with Gasteiger partial charge in [0.1, 0.15) is 5.75 Å². The van der Waals surface area contributed by atoms with Gasteiger partial charge in [0.2, 0.25) is 0 Å². The van der Waals surface area contributed by atoms with Crippen LogP contribution in [-0.2, 0) is 0 Å². The van der Waals surface area contributed by atoms with Crippen molar-refractivity contribution in [1.82, 2.24) is 5.32 Å². The number of para-hydroxylation sites is 1. The average Bonchev–Trinajstić information content (AvgIpc) is 2.34. The Bertz CT molecular complexity index is 266. The van der Waals surface area contributed by atoms with Gasteiger partial charge in [-0.2, -0.15) is 0 Å². The number of aliphatic hydroxyl groups is 2. The highest BCUT2D eigenvalue weighted by molar-refractivity contribution is 5.20. The first-order valence-electron chi connectivity index (χ1n) is 5.50. The SMILES string of the molecule is OCC(O)CNCCCOc1ccccc1. The molecule has 1 aromatic rings. The smallest absolute Gasteiger partial charge is 0.119 e. The molecule has 4 heteroatoms. The number of aliphatic hydroxyl groups excluding tert-OH is 2. The van der Waals surface area contributed by atoms with Gasteiger partial charge in [0.15, 0.2) is 0 Å². The maximum absolute atomic E-state index is 9.05. The Labute approximate surface area is 95.9 Å². The molecule has 0 spiro atoms. The predicted molar refractivity (Wildman–Crippen MR) is 62.5 cm³/mol. The van der Waals surface area contributed by atoms with Crippen LogP contribution in [0.1, 0.15) is 6.42 Å². The van der Waals surface area contributed by atoms with E-state index in [1.807, 2.05) is 30.3 Å². The Morgan fingerprint density at radius 2 is 2.00 bits per heavy atom. The molecule has 4 nitrogen and oxygen atoms in total. The quantitative estimate of drug-likeness (QED) is 0.560. The third-order valence-corrected chi connectivity index (χ3v) is 2.10. The summed E-state index contributed by atoms with van der Waals surface area (Å²) in [6.45, 7) is 1.63. The van der Waals surface area contributed by atoms with E-state index < -0.39 is 6.10 Å². The molecule has 0 aliphatic carbocycles. The summed E-state index contributed by atoms with van der Waals surface area (Å²) in [4.78, 5) is 0. The Balaban J connectivity index is 1.96. The highest BCUT2D eigenvalue weighted by atomic mass is 16.5. The Morgan fingerprint density at radius 3 is 2.69 bits per heavy atom. The molecule has 1 rings (SSSR count). The Kier molecular flexibility index (Phi) is 6.56. The molecule has 0 aromatic heterocycles. The molecule has 0 saturated heterocycles. The molecular weight excluding hydrogens is 206 g/mol. The molecule has 1 aromatic carbocycles. The minimum absolute atomic E-state index is 0.201. The van der Waals surface area contributed by atoms with Gasteiger partial charge in [-0.15, -0.1) is 0 Å². The molecule has 16 heavy (non-hydrogen) atoms. The lowest BCUT2D eigenvalue weighted by atomic mass is 10.3. The highest BCUT2D eigenvalue weighted by Gasteiger charge is 1.99. The summed E-state index contributed by atoms with van der Waals surface area (Å²) in [6.07, 6.45) is 0.197. The van der Waals surface area contributed by atoms with Crippen LogP contribution >= 0.6 is 0 Å². The number of hydrogen-bond donors (Lipinski definition) is 3. The largest absolute Gasteiger partial charge is 0.494 e. The van der Waals surface area contributed by atoms with Gasteiger partial charge in [0, 0.05) is 6.54 Å². The number of hydrogen-bond acceptors (Lipinski definition) is 4. The van der Waals surface area contributed by atoms with Crippen molar-refractivity contribution in [3.63, 3.8) is 0 Å². The summed E-state index contributed by atoms with van der Waals surface area (Å²) in [7, 11) is 0. The van der Waals surface area contributed by atoms with E-state index in [2.05, 4.69) is 5.32 Å². The van der Waals surface area contributed by atoms with Crippen LogP contribution < -0.4 is 10.1 Å². The Morgan fingerprint density at radius 1 is 1.25 bits per heavy atom. The Hall–Kier alpha value is -1.10. The van der Waals surface area contributed by atoms with Crippen LogP contribution in [0.4, 0.5) is 0 Å². The minimum Gasteiger partial charge on any atom is -0.494 e. The molecule has 0 saturated carbocycles. The summed E-state index contributed by atoms with van der Waals surface area (Å²) in [5.41, 5.74) is 0. The van der Waals surface area contributed by atoms with Gasteiger partial charge in [-0.25, -0.2) is 0 Å². The first-order chi connectivity index (χ1) is 7.83. The van der Waals surface area contributed by atoms with Crippen LogP contribution in [0.15, 0.2) is 30.3 Å². The zero-order chi connectivity index (χ0) is 11.6. The fourth-order valence-corrected chi connectivity index (χ4v) is 1.24. The van der Waals surface area contributed by atoms with Crippen LogP contribution in [0.2, 0.25) is 0 Å². The molecule has 0 amide bonds. The van der Waals surface area contributed by atoms with Crippen molar-refractivity contribution in [2.75, 3.05) is 26.3 Å². The van der Waals surface area contributed by atoms with E-state index in [4.69, 9.17) is 14.9 Å². The average molecular weight is 225 g/mol. The fraction of sp³-hybridized carbons (Fsp3) is 0.500. The number of nitrogens with one attached hydrogen (secondary N) is 1. The minimum atomic E-state index is -0.671. The normalized spacial score (nSPS) is 12.4. The van der Waals surface area contributed by atoms with Gasteiger partial charge in [-0.3, -0.25) is 0 Å². The summed E-state index contributed by atoms with van der Waals surface area (Å²) in [5.74, 6) is 0.873. The lowest BCUT2D eigenvalue weighted by Gasteiger charge is -2.09. The second-order valence-corrected chi connectivity index (χ2v) is 3.56. The van der Waals surface area contributed by atoms with E-state index in [0.29, 0.717) is 13.2 Å². The number of ether oxygens (including phenoxy) is 1. The highest BCUT2D eigenvalue weighted by Crippen LogP contribution is 2.07. The van der Waals surface area contributed by atoms with E-state index in [1.54, 1.807) is 0 Å². The topological polar surface area (TPSA) is 61.7 Å². The van der Waals surface area contributed by atoms with Crippen LogP contribution in [-0.4, -0.2) is 42.6 Å². The van der Waals surface area contributed by atoms with Gasteiger partial charge in [0.25, 0.3) is 0 Å². The summed E-state index contributed by atoms with van der Waals surface area (Å²) in [5, 5.41) is 20.7. The van der Waals surface area contributed by atoms with Crippen molar-refractivity contribution in [2.45, 2.75) is 12.5 Å². The predicted octanol–water partition coefficient (Wildman–Crippen LogP) is 0.398. The molecule has 1 atom stereocenters. The van der Waals surface area contributed by atoms with Crippen molar-refractivity contribution >= 4 is 0 Å². The maximum Gasteiger partial charge on any atom is 0.119 e. The maximum atomic E-state index is 9.05. The van der Waals surface area contributed by atoms with Gasteiger partial charge in [0.05, 0.1) is 19.3 Å². The van der Waals surface area contributed by atoms with Crippen molar-refractivity contribution in [1.29, 1.82) is 0 Å². The first-order valence-corrected chi connectivity index (χ1v) is 5.50. The first kappa shape index (κ1) is 13.0. The molecule has 0 heterocycles. The van der Waals surface area contributed by atoms with E-state index in [-0.39, 0.29) is 6.61 Å². The lowest BCUT2D eigenvalue weighted by Crippen LogP contribution is -2.30. The lowest BCUT2D eigenvalue weighted by molar-refractivity contribution is 0.0942. The molecule has 0 radical (unpaired) electrons. The molecule has 3 N–H and O–H groups in total. The summed E-state index contributed by atoms with van der Waals surface area (Å²) < 4.78 is 5.49. The van der Waals surface area contributed by atoms with Crippen LogP contribution in [0.3, 0.4) is 0 Å². The molecule has 0 fully saturated rings. The second-order valence-electron chi connectivity index (χ2n) is 3.56. The second kappa shape index (κ2) is 8.10. The van der Waals surface area contributed by atoms with Crippen molar-refractivity contribution in [3.05, 3.63) is 30.3 Å². The standard InChI is InChI=1S/C12H19NO3/c14-10-11(15)9-13-7-4-8-16-12-5-2-1-3-6-12/h1-3,5-6,11,13-15H,4,7-10H2. The third kappa shape index (κ3) is 5.70. The molecule has 0 aliphatic heterocycles. The van der Waals surface area contributed by atoms with E-state index in [9.17, 15) is 0 Å². The van der Waals surface area contributed by atoms with E-state index in [0.717, 1.165) is 18.7 Å². The van der Waals surface area contributed by atoms with Crippen molar-refractivity contribution in [3.8, 4) is 5.75 Å². The van der Waals surface area contributed by atoms with Gasteiger partial charge in [-0.1, -0.05) is 18.2 Å². The van der Waals surface area contributed by atoms with E-state index in [1.165, 1.54) is 0 Å². The molecular formula is C12H19NO3.